The van der Waals surface area contributed by atoms with Crippen molar-refractivity contribution in [1.82, 2.24) is 15.0 Å². The molecule has 0 aliphatic carbocycles. The standard InChI is InChI=1S/C17H18N4/c1-2-10-21(11-3-1)16-5-4-13(12-20-16)14-6-8-18-17-15(14)7-9-19-17/h4-9,12H,1-3,10-11H2,(H,18,19). The average molecular weight is 278 g/mol. The molecule has 0 spiro atoms. The van der Waals surface area contributed by atoms with Crippen molar-refractivity contribution in [1.29, 1.82) is 0 Å². The molecule has 4 heteroatoms. The van der Waals surface area contributed by atoms with Crippen LogP contribution < -0.4 is 4.90 Å². The van der Waals surface area contributed by atoms with E-state index >= 15 is 0 Å². The first-order valence-corrected chi connectivity index (χ1v) is 7.55. The van der Waals surface area contributed by atoms with E-state index in [1.165, 1.54) is 24.8 Å². The van der Waals surface area contributed by atoms with Gasteiger partial charge in [0.25, 0.3) is 0 Å². The molecule has 1 saturated heterocycles. The molecule has 0 unspecified atom stereocenters. The monoisotopic (exact) mass is 278 g/mol. The Balaban J connectivity index is 1.68. The van der Waals surface area contributed by atoms with Crippen LogP contribution in [-0.4, -0.2) is 28.0 Å². The van der Waals surface area contributed by atoms with Gasteiger partial charge in [0.05, 0.1) is 0 Å². The van der Waals surface area contributed by atoms with E-state index in [4.69, 9.17) is 0 Å². The van der Waals surface area contributed by atoms with Crippen molar-refractivity contribution < 1.29 is 0 Å². The molecular formula is C17H18N4. The van der Waals surface area contributed by atoms with Crippen molar-refractivity contribution in [3.63, 3.8) is 0 Å². The van der Waals surface area contributed by atoms with Gasteiger partial charge in [0.15, 0.2) is 0 Å². The van der Waals surface area contributed by atoms with Gasteiger partial charge in [-0.25, -0.2) is 9.97 Å². The second kappa shape index (κ2) is 5.20. The third-order valence-electron chi connectivity index (χ3n) is 4.20. The van der Waals surface area contributed by atoms with Crippen molar-refractivity contribution in [2.75, 3.05) is 18.0 Å². The molecule has 4 heterocycles. The van der Waals surface area contributed by atoms with Gasteiger partial charge in [-0.2, -0.15) is 0 Å². The number of aromatic amines is 1. The molecule has 0 atom stereocenters. The number of fused-ring (bicyclic) bond motifs is 1. The average Bonchev–Trinajstić information content (AvgIpc) is 3.04. The summed E-state index contributed by atoms with van der Waals surface area (Å²) in [5.41, 5.74) is 3.24. The van der Waals surface area contributed by atoms with Crippen LogP contribution in [0.5, 0.6) is 0 Å². The van der Waals surface area contributed by atoms with Gasteiger partial charge in [-0.3, -0.25) is 0 Å². The second-order valence-electron chi connectivity index (χ2n) is 5.55. The molecule has 106 valence electrons. The fourth-order valence-electron chi connectivity index (χ4n) is 3.07. The lowest BCUT2D eigenvalue weighted by molar-refractivity contribution is 0.573. The lowest BCUT2D eigenvalue weighted by atomic mass is 10.1. The van der Waals surface area contributed by atoms with Crippen molar-refractivity contribution in [3.8, 4) is 11.1 Å². The fraction of sp³-hybridized carbons (Fsp3) is 0.294. The van der Waals surface area contributed by atoms with Crippen molar-refractivity contribution in [3.05, 3.63) is 42.9 Å². The predicted octanol–water partition coefficient (Wildman–Crippen LogP) is 3.62. The Morgan fingerprint density at radius 2 is 1.86 bits per heavy atom. The minimum absolute atomic E-state index is 0.924. The Labute approximate surface area is 123 Å². The Hall–Kier alpha value is -2.36. The van der Waals surface area contributed by atoms with Crippen LogP contribution in [0.25, 0.3) is 22.2 Å². The zero-order chi connectivity index (χ0) is 14.1. The van der Waals surface area contributed by atoms with E-state index < -0.39 is 0 Å². The highest BCUT2D eigenvalue weighted by atomic mass is 15.2. The first-order valence-electron chi connectivity index (χ1n) is 7.55. The maximum absolute atomic E-state index is 4.67. The number of piperidine rings is 1. The van der Waals surface area contributed by atoms with Gasteiger partial charge < -0.3 is 9.88 Å². The molecular weight excluding hydrogens is 260 g/mol. The summed E-state index contributed by atoms with van der Waals surface area (Å²) in [6.07, 6.45) is 9.64. The molecule has 1 aliphatic heterocycles. The topological polar surface area (TPSA) is 44.8 Å². The lowest BCUT2D eigenvalue weighted by Gasteiger charge is -2.27. The van der Waals surface area contributed by atoms with E-state index in [2.05, 4.69) is 38.1 Å². The van der Waals surface area contributed by atoms with Crippen molar-refractivity contribution >= 4 is 16.9 Å². The van der Waals surface area contributed by atoms with Crippen LogP contribution in [0.1, 0.15) is 19.3 Å². The molecule has 0 aromatic carbocycles. The Bertz CT molecular complexity index is 739. The summed E-state index contributed by atoms with van der Waals surface area (Å²) in [6, 6.07) is 8.42. The van der Waals surface area contributed by atoms with E-state index in [0.717, 1.165) is 35.5 Å². The lowest BCUT2D eigenvalue weighted by Crippen LogP contribution is -2.29. The number of nitrogens with one attached hydrogen (secondary N) is 1. The number of hydrogen-bond acceptors (Lipinski definition) is 3. The van der Waals surface area contributed by atoms with E-state index in [-0.39, 0.29) is 0 Å². The summed E-state index contributed by atoms with van der Waals surface area (Å²) < 4.78 is 0. The first-order chi connectivity index (χ1) is 10.4. The van der Waals surface area contributed by atoms with Crippen molar-refractivity contribution in [2.45, 2.75) is 19.3 Å². The maximum Gasteiger partial charge on any atom is 0.137 e. The minimum Gasteiger partial charge on any atom is -0.357 e. The largest absolute Gasteiger partial charge is 0.357 e. The number of hydrogen-bond donors (Lipinski definition) is 1. The van der Waals surface area contributed by atoms with Crippen LogP contribution in [0.15, 0.2) is 42.9 Å². The highest BCUT2D eigenvalue weighted by Gasteiger charge is 2.12. The number of anilines is 1. The number of H-pyrrole nitrogens is 1. The number of rotatable bonds is 2. The summed E-state index contributed by atoms with van der Waals surface area (Å²) in [5.74, 6) is 1.10. The normalized spacial score (nSPS) is 15.5. The highest BCUT2D eigenvalue weighted by Crippen LogP contribution is 2.27. The van der Waals surface area contributed by atoms with Crippen LogP contribution in [0.2, 0.25) is 0 Å². The zero-order valence-corrected chi connectivity index (χ0v) is 11.9. The van der Waals surface area contributed by atoms with Gasteiger partial charge in [0.1, 0.15) is 11.5 Å². The van der Waals surface area contributed by atoms with Crippen molar-refractivity contribution in [2.24, 2.45) is 0 Å². The summed E-state index contributed by atoms with van der Waals surface area (Å²) in [4.78, 5) is 14.5. The SMILES string of the molecule is c1cc(-c2ccc(N3CCCCC3)nc2)c2cc[nH]c2n1. The van der Waals surface area contributed by atoms with Crippen LogP contribution in [0.3, 0.4) is 0 Å². The summed E-state index contributed by atoms with van der Waals surface area (Å²) in [7, 11) is 0. The number of nitrogens with zero attached hydrogens (tertiary/aromatic N) is 3. The second-order valence-corrected chi connectivity index (χ2v) is 5.55. The molecule has 1 N–H and O–H groups in total. The maximum atomic E-state index is 4.67. The van der Waals surface area contributed by atoms with Gasteiger partial charge in [0.2, 0.25) is 0 Å². The molecule has 3 aromatic heterocycles. The zero-order valence-electron chi connectivity index (χ0n) is 11.9. The molecule has 0 bridgehead atoms. The number of pyridine rings is 2. The molecule has 4 rings (SSSR count). The van der Waals surface area contributed by atoms with E-state index in [0.29, 0.717) is 0 Å². The predicted molar refractivity (Wildman–Crippen MR) is 85.4 cm³/mol. The molecule has 4 nitrogen and oxygen atoms in total. The Kier molecular flexibility index (Phi) is 3.07. The fourth-order valence-corrected chi connectivity index (χ4v) is 3.07. The third-order valence-corrected chi connectivity index (χ3v) is 4.20. The van der Waals surface area contributed by atoms with Gasteiger partial charge in [-0.15, -0.1) is 0 Å². The van der Waals surface area contributed by atoms with E-state index in [1.54, 1.807) is 0 Å². The van der Waals surface area contributed by atoms with Crippen LogP contribution in [-0.2, 0) is 0 Å². The third kappa shape index (κ3) is 2.27. The molecule has 3 aromatic rings. The molecule has 1 fully saturated rings. The summed E-state index contributed by atoms with van der Waals surface area (Å²) in [5, 5.41) is 1.14. The summed E-state index contributed by atoms with van der Waals surface area (Å²) in [6.45, 7) is 2.26. The van der Waals surface area contributed by atoms with E-state index in [1.807, 2.05) is 24.7 Å². The van der Waals surface area contributed by atoms with E-state index in [9.17, 15) is 0 Å². The van der Waals surface area contributed by atoms with Crippen LogP contribution in [0, 0.1) is 0 Å². The first kappa shape index (κ1) is 12.4. The number of aromatic nitrogens is 3. The molecule has 21 heavy (non-hydrogen) atoms. The van der Waals surface area contributed by atoms with Gasteiger partial charge in [0, 0.05) is 42.6 Å². The molecule has 0 saturated carbocycles. The van der Waals surface area contributed by atoms with Crippen LogP contribution >= 0.6 is 0 Å². The smallest absolute Gasteiger partial charge is 0.137 e. The minimum atomic E-state index is 0.924. The Morgan fingerprint density at radius 3 is 2.67 bits per heavy atom. The van der Waals surface area contributed by atoms with Crippen LogP contribution in [0.4, 0.5) is 5.82 Å². The summed E-state index contributed by atoms with van der Waals surface area (Å²) >= 11 is 0. The molecule has 0 radical (unpaired) electrons. The molecule has 1 aliphatic rings. The molecule has 0 amide bonds. The highest BCUT2D eigenvalue weighted by molar-refractivity contribution is 5.92. The van der Waals surface area contributed by atoms with Gasteiger partial charge in [-0.05, 0) is 49.1 Å². The quantitative estimate of drug-likeness (QED) is 0.778. The van der Waals surface area contributed by atoms with Gasteiger partial charge >= 0.3 is 0 Å². The van der Waals surface area contributed by atoms with Gasteiger partial charge in [-0.1, -0.05) is 0 Å². The Morgan fingerprint density at radius 1 is 0.952 bits per heavy atom.